The van der Waals surface area contributed by atoms with Crippen molar-refractivity contribution in [3.63, 3.8) is 0 Å². The van der Waals surface area contributed by atoms with Gasteiger partial charge in [0.1, 0.15) is 0 Å². The summed E-state index contributed by atoms with van der Waals surface area (Å²) in [5.41, 5.74) is 1.23. The molecule has 2 aromatic rings. The van der Waals surface area contributed by atoms with Crippen molar-refractivity contribution in [2.24, 2.45) is 0 Å². The number of carbonyl (C=O) groups excluding carboxylic acids is 1. The van der Waals surface area contributed by atoms with Gasteiger partial charge in [-0.15, -0.1) is 0 Å². The number of piperazine rings is 1. The zero-order chi connectivity index (χ0) is 14.5. The Labute approximate surface area is 128 Å². The third kappa shape index (κ3) is 3.58. The predicted octanol–water partition coefficient (Wildman–Crippen LogP) is 1.85. The van der Waals surface area contributed by atoms with Gasteiger partial charge in [0.25, 0.3) is 0 Å². The highest BCUT2D eigenvalue weighted by molar-refractivity contribution is 7.99. The SMILES string of the molecule is O=C(CSc1ncc[nH]1)N1CCN(c2ccccc2)CC1. The molecule has 1 N–H and O–H groups in total. The first-order valence-electron chi connectivity index (χ1n) is 7.03. The fourth-order valence-electron chi connectivity index (χ4n) is 2.40. The van der Waals surface area contributed by atoms with E-state index in [2.05, 4.69) is 27.0 Å². The van der Waals surface area contributed by atoms with Gasteiger partial charge < -0.3 is 14.8 Å². The number of imidazole rings is 1. The van der Waals surface area contributed by atoms with E-state index in [1.54, 1.807) is 12.4 Å². The van der Waals surface area contributed by atoms with Gasteiger partial charge in [-0.25, -0.2) is 4.98 Å². The van der Waals surface area contributed by atoms with Crippen molar-refractivity contribution in [3.05, 3.63) is 42.7 Å². The standard InChI is InChI=1S/C15H18N4OS/c20-14(12-21-15-16-6-7-17-15)19-10-8-18(9-11-19)13-4-2-1-3-5-13/h1-7H,8-12H2,(H,16,17). The quantitative estimate of drug-likeness (QED) is 0.876. The predicted molar refractivity (Wildman–Crippen MR) is 84.5 cm³/mol. The summed E-state index contributed by atoms with van der Waals surface area (Å²) >= 11 is 1.45. The lowest BCUT2D eigenvalue weighted by Gasteiger charge is -2.36. The van der Waals surface area contributed by atoms with Crippen LogP contribution in [0.3, 0.4) is 0 Å². The molecular formula is C15H18N4OS. The Bertz CT molecular complexity index is 565. The number of nitrogens with zero attached hydrogens (tertiary/aromatic N) is 3. The third-order valence-corrected chi connectivity index (χ3v) is 4.45. The van der Waals surface area contributed by atoms with E-state index in [1.807, 2.05) is 23.1 Å². The van der Waals surface area contributed by atoms with Gasteiger partial charge in [0.15, 0.2) is 5.16 Å². The molecular weight excluding hydrogens is 284 g/mol. The molecule has 0 spiro atoms. The van der Waals surface area contributed by atoms with Crippen LogP contribution in [-0.4, -0.2) is 52.7 Å². The molecule has 0 radical (unpaired) electrons. The third-order valence-electron chi connectivity index (χ3n) is 3.56. The molecule has 5 nitrogen and oxygen atoms in total. The number of carbonyl (C=O) groups is 1. The molecule has 2 heterocycles. The van der Waals surface area contributed by atoms with E-state index in [9.17, 15) is 4.79 Å². The first kappa shape index (κ1) is 14.0. The van der Waals surface area contributed by atoms with Crippen LogP contribution in [0.5, 0.6) is 0 Å². The van der Waals surface area contributed by atoms with Crippen molar-refractivity contribution in [3.8, 4) is 0 Å². The summed E-state index contributed by atoms with van der Waals surface area (Å²) in [5.74, 6) is 0.628. The molecule has 0 saturated carbocycles. The zero-order valence-electron chi connectivity index (χ0n) is 11.7. The second kappa shape index (κ2) is 6.67. The number of aromatic nitrogens is 2. The van der Waals surface area contributed by atoms with Crippen molar-refractivity contribution in [1.82, 2.24) is 14.9 Å². The Balaban J connectivity index is 1.48. The molecule has 0 aliphatic carbocycles. The molecule has 1 aromatic carbocycles. The van der Waals surface area contributed by atoms with Crippen LogP contribution < -0.4 is 4.90 Å². The zero-order valence-corrected chi connectivity index (χ0v) is 12.6. The second-order valence-electron chi connectivity index (χ2n) is 4.89. The maximum absolute atomic E-state index is 12.2. The molecule has 0 atom stereocenters. The van der Waals surface area contributed by atoms with Crippen LogP contribution in [0, 0.1) is 0 Å². The second-order valence-corrected chi connectivity index (χ2v) is 5.85. The van der Waals surface area contributed by atoms with Crippen LogP contribution in [0.4, 0.5) is 5.69 Å². The van der Waals surface area contributed by atoms with Gasteiger partial charge in [-0.1, -0.05) is 30.0 Å². The Morgan fingerprint density at radius 1 is 1.19 bits per heavy atom. The van der Waals surface area contributed by atoms with Crippen LogP contribution >= 0.6 is 11.8 Å². The van der Waals surface area contributed by atoms with Gasteiger partial charge in [0.2, 0.25) is 5.91 Å². The molecule has 21 heavy (non-hydrogen) atoms. The largest absolute Gasteiger partial charge is 0.368 e. The fraction of sp³-hybridized carbons (Fsp3) is 0.333. The van der Waals surface area contributed by atoms with Crippen molar-refractivity contribution in [2.75, 3.05) is 36.8 Å². The monoisotopic (exact) mass is 302 g/mol. The fourth-order valence-corrected chi connectivity index (χ4v) is 3.13. The van der Waals surface area contributed by atoms with E-state index < -0.39 is 0 Å². The number of para-hydroxylation sites is 1. The molecule has 1 aromatic heterocycles. The Morgan fingerprint density at radius 3 is 2.62 bits per heavy atom. The van der Waals surface area contributed by atoms with Crippen LogP contribution in [0.1, 0.15) is 0 Å². The summed E-state index contributed by atoms with van der Waals surface area (Å²) in [6.07, 6.45) is 3.47. The molecule has 1 amide bonds. The van der Waals surface area contributed by atoms with Gasteiger partial charge in [-0.05, 0) is 12.1 Å². The van der Waals surface area contributed by atoms with Crippen molar-refractivity contribution >= 4 is 23.4 Å². The summed E-state index contributed by atoms with van der Waals surface area (Å²) in [7, 11) is 0. The van der Waals surface area contributed by atoms with Gasteiger partial charge in [-0.2, -0.15) is 0 Å². The minimum atomic E-state index is 0.184. The molecule has 3 rings (SSSR count). The highest BCUT2D eigenvalue weighted by Crippen LogP contribution is 2.17. The minimum Gasteiger partial charge on any atom is -0.368 e. The highest BCUT2D eigenvalue weighted by Gasteiger charge is 2.21. The first-order valence-corrected chi connectivity index (χ1v) is 8.01. The minimum absolute atomic E-state index is 0.184. The van der Waals surface area contributed by atoms with E-state index in [1.165, 1.54) is 17.4 Å². The number of nitrogens with one attached hydrogen (secondary N) is 1. The van der Waals surface area contributed by atoms with Gasteiger partial charge in [-0.3, -0.25) is 4.79 Å². The molecule has 0 bridgehead atoms. The van der Waals surface area contributed by atoms with Gasteiger partial charge >= 0.3 is 0 Å². The lowest BCUT2D eigenvalue weighted by Crippen LogP contribution is -2.49. The summed E-state index contributed by atoms with van der Waals surface area (Å²) in [4.78, 5) is 23.6. The smallest absolute Gasteiger partial charge is 0.233 e. The van der Waals surface area contributed by atoms with Crippen LogP contribution in [0.2, 0.25) is 0 Å². The average molecular weight is 302 g/mol. The lowest BCUT2D eigenvalue weighted by molar-refractivity contribution is -0.128. The normalized spacial score (nSPS) is 15.2. The summed E-state index contributed by atoms with van der Waals surface area (Å²) in [6.45, 7) is 3.35. The maximum Gasteiger partial charge on any atom is 0.233 e. The molecule has 1 aliphatic heterocycles. The Hall–Kier alpha value is -1.95. The molecule has 1 fully saturated rings. The lowest BCUT2D eigenvalue weighted by atomic mass is 10.2. The molecule has 6 heteroatoms. The van der Waals surface area contributed by atoms with Crippen LogP contribution in [0.25, 0.3) is 0 Å². The van der Waals surface area contributed by atoms with E-state index in [4.69, 9.17) is 0 Å². The number of thioether (sulfide) groups is 1. The van der Waals surface area contributed by atoms with E-state index in [-0.39, 0.29) is 5.91 Å². The summed E-state index contributed by atoms with van der Waals surface area (Å²) in [5, 5.41) is 0.797. The Kier molecular flexibility index (Phi) is 4.45. The number of benzene rings is 1. The number of hydrogen-bond donors (Lipinski definition) is 1. The number of rotatable bonds is 4. The van der Waals surface area contributed by atoms with Crippen LogP contribution in [-0.2, 0) is 4.79 Å². The van der Waals surface area contributed by atoms with E-state index >= 15 is 0 Å². The molecule has 110 valence electrons. The van der Waals surface area contributed by atoms with Gasteiger partial charge in [0, 0.05) is 44.3 Å². The average Bonchev–Trinajstić information content (AvgIpc) is 3.07. The first-order chi connectivity index (χ1) is 10.3. The van der Waals surface area contributed by atoms with Crippen molar-refractivity contribution in [2.45, 2.75) is 5.16 Å². The number of H-pyrrole nitrogens is 1. The van der Waals surface area contributed by atoms with Crippen LogP contribution in [0.15, 0.2) is 47.9 Å². The summed E-state index contributed by atoms with van der Waals surface area (Å²) in [6, 6.07) is 10.4. The number of anilines is 1. The van der Waals surface area contributed by atoms with Gasteiger partial charge in [0.05, 0.1) is 5.75 Å². The number of hydrogen-bond acceptors (Lipinski definition) is 4. The molecule has 1 saturated heterocycles. The van der Waals surface area contributed by atoms with Crippen molar-refractivity contribution in [1.29, 1.82) is 0 Å². The molecule has 1 aliphatic rings. The van der Waals surface area contributed by atoms with E-state index in [0.717, 1.165) is 31.3 Å². The van der Waals surface area contributed by atoms with Crippen molar-refractivity contribution < 1.29 is 4.79 Å². The molecule has 0 unspecified atom stereocenters. The highest BCUT2D eigenvalue weighted by atomic mass is 32.2. The van der Waals surface area contributed by atoms with E-state index in [0.29, 0.717) is 5.75 Å². The number of aromatic amines is 1. The maximum atomic E-state index is 12.2. The Morgan fingerprint density at radius 2 is 1.95 bits per heavy atom. The topological polar surface area (TPSA) is 52.2 Å². The number of amides is 1. The summed E-state index contributed by atoms with van der Waals surface area (Å²) < 4.78 is 0.